The van der Waals surface area contributed by atoms with Crippen molar-refractivity contribution in [2.45, 2.75) is 44.9 Å². The lowest BCUT2D eigenvalue weighted by molar-refractivity contribution is 0.0949. The first-order chi connectivity index (χ1) is 15.5. The maximum Gasteiger partial charge on any atom is 0.261 e. The summed E-state index contributed by atoms with van der Waals surface area (Å²) in [5, 5.41) is 6.21. The number of carbonyl (C=O) groups excluding carboxylic acids is 1. The number of nitrogens with one attached hydrogen (secondary N) is 3. The molecule has 7 nitrogen and oxygen atoms in total. The predicted molar refractivity (Wildman–Crippen MR) is 135 cm³/mol. The van der Waals surface area contributed by atoms with E-state index in [1.807, 2.05) is 32.0 Å². The normalized spacial score (nSPS) is 14.9. The predicted octanol–water partition coefficient (Wildman–Crippen LogP) is 3.58. The van der Waals surface area contributed by atoms with Gasteiger partial charge in [0.25, 0.3) is 15.9 Å². The number of anilines is 2. The van der Waals surface area contributed by atoms with Crippen molar-refractivity contribution in [2.24, 2.45) is 5.92 Å². The van der Waals surface area contributed by atoms with E-state index in [9.17, 15) is 13.2 Å². The van der Waals surface area contributed by atoms with E-state index in [0.29, 0.717) is 23.7 Å². The summed E-state index contributed by atoms with van der Waals surface area (Å²) in [6.07, 6.45) is 0. The van der Waals surface area contributed by atoms with E-state index in [0.717, 1.165) is 37.4 Å². The fourth-order valence-electron chi connectivity index (χ4n) is 3.68. The number of carbonyl (C=O) groups is 1. The number of hydrogen-bond donors (Lipinski definition) is 3. The third-order valence-corrected chi connectivity index (χ3v) is 7.04. The Kier molecular flexibility index (Phi) is 7.69. The summed E-state index contributed by atoms with van der Waals surface area (Å²) in [5.41, 5.74) is 2.60. The molecule has 1 aliphatic heterocycles. The summed E-state index contributed by atoms with van der Waals surface area (Å²) in [6, 6.07) is 12.2. The second-order valence-corrected chi connectivity index (χ2v) is 11.6. The molecule has 2 aromatic carbocycles. The lowest BCUT2D eigenvalue weighted by Crippen LogP contribution is -2.43. The molecule has 1 aliphatic rings. The van der Waals surface area contributed by atoms with Gasteiger partial charge in [0.1, 0.15) is 0 Å². The molecule has 0 spiro atoms. The molecule has 1 fully saturated rings. The van der Waals surface area contributed by atoms with E-state index in [2.05, 4.69) is 41.0 Å². The molecular weight excluding hydrogens is 436 g/mol. The van der Waals surface area contributed by atoms with Crippen LogP contribution in [0.2, 0.25) is 0 Å². The van der Waals surface area contributed by atoms with Gasteiger partial charge in [0.2, 0.25) is 0 Å². The van der Waals surface area contributed by atoms with Crippen LogP contribution in [0.3, 0.4) is 0 Å². The van der Waals surface area contributed by atoms with Gasteiger partial charge in [-0.2, -0.15) is 0 Å². The van der Waals surface area contributed by atoms with Gasteiger partial charge in [-0.05, 0) is 47.2 Å². The van der Waals surface area contributed by atoms with Gasteiger partial charge in [0.15, 0.2) is 0 Å². The Balaban J connectivity index is 1.93. The molecule has 0 radical (unpaired) electrons. The van der Waals surface area contributed by atoms with Gasteiger partial charge >= 0.3 is 0 Å². The van der Waals surface area contributed by atoms with Crippen molar-refractivity contribution in [1.29, 1.82) is 0 Å². The summed E-state index contributed by atoms with van der Waals surface area (Å²) in [7, 11) is -3.83. The zero-order valence-electron chi connectivity index (χ0n) is 20.2. The van der Waals surface area contributed by atoms with E-state index >= 15 is 0 Å². The SMILES string of the molecule is CC(C)CNC(=O)c1ccc(N2CCNCC2)c(NS(=O)(=O)c2ccc(C(C)(C)C)cc2)c1. The summed E-state index contributed by atoms with van der Waals surface area (Å²) >= 11 is 0. The molecule has 180 valence electrons. The quantitative estimate of drug-likeness (QED) is 0.573. The van der Waals surface area contributed by atoms with Crippen LogP contribution >= 0.6 is 0 Å². The Morgan fingerprint density at radius 1 is 1.06 bits per heavy atom. The molecule has 1 amide bonds. The zero-order valence-corrected chi connectivity index (χ0v) is 21.1. The molecule has 3 rings (SSSR count). The molecular formula is C25H36N4O3S. The zero-order chi connectivity index (χ0) is 24.2. The molecule has 0 unspecified atom stereocenters. The number of benzene rings is 2. The van der Waals surface area contributed by atoms with E-state index in [4.69, 9.17) is 0 Å². The number of piperazine rings is 1. The first-order valence-corrected chi connectivity index (χ1v) is 13.0. The van der Waals surface area contributed by atoms with Gasteiger partial charge in [-0.3, -0.25) is 9.52 Å². The second kappa shape index (κ2) is 10.1. The number of sulfonamides is 1. The first-order valence-electron chi connectivity index (χ1n) is 11.5. The van der Waals surface area contributed by atoms with E-state index in [-0.39, 0.29) is 16.2 Å². The van der Waals surface area contributed by atoms with Crippen molar-refractivity contribution in [2.75, 3.05) is 42.3 Å². The number of hydrogen-bond acceptors (Lipinski definition) is 5. The Hall–Kier alpha value is -2.58. The Bertz CT molecular complexity index is 1070. The highest BCUT2D eigenvalue weighted by Gasteiger charge is 2.22. The van der Waals surface area contributed by atoms with Crippen molar-refractivity contribution in [3.63, 3.8) is 0 Å². The monoisotopic (exact) mass is 472 g/mol. The van der Waals surface area contributed by atoms with Crippen LogP contribution in [0.4, 0.5) is 11.4 Å². The topological polar surface area (TPSA) is 90.5 Å². The van der Waals surface area contributed by atoms with Crippen molar-refractivity contribution in [3.8, 4) is 0 Å². The lowest BCUT2D eigenvalue weighted by atomic mass is 9.87. The molecule has 8 heteroatoms. The highest BCUT2D eigenvalue weighted by molar-refractivity contribution is 7.92. The maximum absolute atomic E-state index is 13.3. The molecule has 33 heavy (non-hydrogen) atoms. The van der Waals surface area contributed by atoms with Crippen molar-refractivity contribution < 1.29 is 13.2 Å². The summed E-state index contributed by atoms with van der Waals surface area (Å²) in [4.78, 5) is 15.0. The highest BCUT2D eigenvalue weighted by Crippen LogP contribution is 2.31. The fourth-order valence-corrected chi connectivity index (χ4v) is 4.74. The standard InChI is InChI=1S/C25H36N4O3S/c1-18(2)17-27-24(30)19-6-11-23(29-14-12-26-13-15-29)22(16-19)28-33(31,32)21-9-7-20(8-10-21)25(3,4)5/h6-11,16,18,26,28H,12-15,17H2,1-5H3,(H,27,30). The van der Waals surface area contributed by atoms with E-state index in [1.54, 1.807) is 24.3 Å². The largest absolute Gasteiger partial charge is 0.367 e. The highest BCUT2D eigenvalue weighted by atomic mass is 32.2. The van der Waals surface area contributed by atoms with Gasteiger partial charge in [0.05, 0.1) is 16.3 Å². The summed E-state index contributed by atoms with van der Waals surface area (Å²) in [5.74, 6) is 0.105. The van der Waals surface area contributed by atoms with Crippen LogP contribution in [0.25, 0.3) is 0 Å². The average molecular weight is 473 g/mol. The Morgan fingerprint density at radius 3 is 2.27 bits per heavy atom. The van der Waals surface area contributed by atoms with Crippen molar-refractivity contribution in [1.82, 2.24) is 10.6 Å². The molecule has 0 aromatic heterocycles. The third-order valence-electron chi connectivity index (χ3n) is 5.66. The maximum atomic E-state index is 13.3. The Morgan fingerprint density at radius 2 is 1.70 bits per heavy atom. The fraction of sp³-hybridized carbons (Fsp3) is 0.480. The minimum Gasteiger partial charge on any atom is -0.367 e. The number of amides is 1. The smallest absolute Gasteiger partial charge is 0.261 e. The third kappa shape index (κ3) is 6.48. The van der Waals surface area contributed by atoms with Gasteiger partial charge < -0.3 is 15.5 Å². The van der Waals surface area contributed by atoms with Crippen molar-refractivity contribution in [3.05, 3.63) is 53.6 Å². The van der Waals surface area contributed by atoms with E-state index < -0.39 is 10.0 Å². The molecule has 0 atom stereocenters. The molecule has 0 aliphatic carbocycles. The van der Waals surface area contributed by atoms with Crippen LogP contribution in [-0.4, -0.2) is 47.0 Å². The van der Waals surface area contributed by atoms with Crippen LogP contribution in [-0.2, 0) is 15.4 Å². The molecule has 1 heterocycles. The van der Waals surface area contributed by atoms with Crippen molar-refractivity contribution >= 4 is 27.3 Å². The molecule has 3 N–H and O–H groups in total. The van der Waals surface area contributed by atoms with Crippen LogP contribution in [0.5, 0.6) is 0 Å². The summed E-state index contributed by atoms with van der Waals surface area (Å²) in [6.45, 7) is 14.0. The number of nitrogens with zero attached hydrogens (tertiary/aromatic N) is 1. The Labute approximate surface area is 198 Å². The molecule has 0 bridgehead atoms. The van der Waals surface area contributed by atoms with Gasteiger partial charge in [-0.15, -0.1) is 0 Å². The minimum absolute atomic E-state index is 0.0666. The molecule has 1 saturated heterocycles. The van der Waals surface area contributed by atoms with Gasteiger partial charge in [-0.25, -0.2) is 8.42 Å². The first kappa shape index (κ1) is 25.1. The van der Waals surface area contributed by atoms with Crippen LogP contribution in [0.15, 0.2) is 47.4 Å². The lowest BCUT2D eigenvalue weighted by Gasteiger charge is -2.31. The van der Waals surface area contributed by atoms with Crippen LogP contribution < -0.4 is 20.3 Å². The van der Waals surface area contributed by atoms with Gasteiger partial charge in [0, 0.05) is 38.3 Å². The minimum atomic E-state index is -3.83. The molecule has 2 aromatic rings. The second-order valence-electron chi connectivity index (χ2n) is 9.95. The average Bonchev–Trinajstić information content (AvgIpc) is 2.77. The van der Waals surface area contributed by atoms with Crippen LogP contribution in [0.1, 0.15) is 50.5 Å². The van der Waals surface area contributed by atoms with Crippen LogP contribution in [0, 0.1) is 5.92 Å². The number of rotatable bonds is 7. The van der Waals surface area contributed by atoms with E-state index in [1.165, 1.54) is 0 Å². The van der Waals surface area contributed by atoms with Gasteiger partial charge in [-0.1, -0.05) is 46.8 Å². The molecule has 0 saturated carbocycles. The summed E-state index contributed by atoms with van der Waals surface area (Å²) < 4.78 is 29.3.